The first-order valence-electron chi connectivity index (χ1n) is 8.13. The van der Waals surface area contributed by atoms with Gasteiger partial charge in [0.05, 0.1) is 31.3 Å². The summed E-state index contributed by atoms with van der Waals surface area (Å²) < 4.78 is 38.9. The van der Waals surface area contributed by atoms with Gasteiger partial charge in [-0.05, 0) is 54.8 Å². The van der Waals surface area contributed by atoms with Crippen LogP contribution in [0.25, 0.3) is 0 Å². The van der Waals surface area contributed by atoms with Gasteiger partial charge in [0.25, 0.3) is 0 Å². The predicted octanol–water partition coefficient (Wildman–Crippen LogP) is 1.93. The van der Waals surface area contributed by atoms with Gasteiger partial charge in [0.15, 0.2) is 0 Å². The standard InChI is InChI=1S/C18H22N2O4S/c1-13-9-16(3-4-18(13)23-2)25(21,22)20-17-12-24-11-15(17)10-14-5-7-19-8-6-14/h3-9,15,17,20H,10-12H2,1-2H3. The van der Waals surface area contributed by atoms with Gasteiger partial charge in [-0.2, -0.15) is 0 Å². The van der Waals surface area contributed by atoms with Crippen LogP contribution < -0.4 is 9.46 Å². The van der Waals surface area contributed by atoms with E-state index in [4.69, 9.17) is 9.47 Å². The molecule has 6 nitrogen and oxygen atoms in total. The molecule has 0 aliphatic carbocycles. The summed E-state index contributed by atoms with van der Waals surface area (Å²) in [4.78, 5) is 4.24. The second-order valence-corrected chi connectivity index (χ2v) is 7.93. The van der Waals surface area contributed by atoms with Crippen molar-refractivity contribution in [1.29, 1.82) is 0 Å². The molecular formula is C18H22N2O4S. The summed E-state index contributed by atoms with van der Waals surface area (Å²) in [6.07, 6.45) is 4.23. The molecule has 1 fully saturated rings. The number of ether oxygens (including phenoxy) is 2. The van der Waals surface area contributed by atoms with E-state index in [0.29, 0.717) is 19.0 Å². The summed E-state index contributed by atoms with van der Waals surface area (Å²) in [5.74, 6) is 0.759. The maximum absolute atomic E-state index is 12.7. The second-order valence-electron chi connectivity index (χ2n) is 6.22. The van der Waals surface area contributed by atoms with Crippen molar-refractivity contribution in [3.8, 4) is 5.75 Å². The lowest BCUT2D eigenvalue weighted by Crippen LogP contribution is -2.40. The number of pyridine rings is 1. The summed E-state index contributed by atoms with van der Waals surface area (Å²) in [7, 11) is -2.05. The number of sulfonamides is 1. The van der Waals surface area contributed by atoms with Crippen molar-refractivity contribution in [3.63, 3.8) is 0 Å². The lowest BCUT2D eigenvalue weighted by Gasteiger charge is -2.19. The zero-order valence-corrected chi connectivity index (χ0v) is 15.1. The summed E-state index contributed by atoms with van der Waals surface area (Å²) in [6, 6.07) is 8.48. The fourth-order valence-corrected chi connectivity index (χ4v) is 4.41. The second kappa shape index (κ2) is 7.51. The van der Waals surface area contributed by atoms with Crippen LogP contribution in [0.1, 0.15) is 11.1 Å². The van der Waals surface area contributed by atoms with Gasteiger partial charge in [0.2, 0.25) is 10.0 Å². The van der Waals surface area contributed by atoms with Crippen LogP contribution in [0.3, 0.4) is 0 Å². The van der Waals surface area contributed by atoms with E-state index in [1.807, 2.05) is 19.1 Å². The minimum atomic E-state index is -3.61. The maximum Gasteiger partial charge on any atom is 0.240 e. The zero-order chi connectivity index (χ0) is 17.9. The number of rotatable bonds is 6. The van der Waals surface area contributed by atoms with Crippen molar-refractivity contribution < 1.29 is 17.9 Å². The molecule has 0 saturated carbocycles. The van der Waals surface area contributed by atoms with Crippen LogP contribution >= 0.6 is 0 Å². The number of nitrogens with zero attached hydrogens (tertiary/aromatic N) is 1. The van der Waals surface area contributed by atoms with Crippen LogP contribution in [-0.4, -0.2) is 39.8 Å². The molecule has 1 aromatic carbocycles. The van der Waals surface area contributed by atoms with E-state index in [1.165, 1.54) is 0 Å². The Kier molecular flexibility index (Phi) is 5.36. The molecule has 1 aromatic heterocycles. The third-order valence-electron chi connectivity index (χ3n) is 4.43. The SMILES string of the molecule is COc1ccc(S(=O)(=O)NC2COCC2Cc2ccncc2)cc1C. The highest BCUT2D eigenvalue weighted by molar-refractivity contribution is 7.89. The van der Waals surface area contributed by atoms with E-state index < -0.39 is 10.0 Å². The maximum atomic E-state index is 12.7. The first-order valence-corrected chi connectivity index (χ1v) is 9.61. The summed E-state index contributed by atoms with van der Waals surface area (Å²) >= 11 is 0. The Balaban J connectivity index is 1.74. The zero-order valence-electron chi connectivity index (χ0n) is 14.3. The number of hydrogen-bond donors (Lipinski definition) is 1. The van der Waals surface area contributed by atoms with Crippen LogP contribution in [-0.2, 0) is 21.2 Å². The first kappa shape index (κ1) is 17.8. The largest absolute Gasteiger partial charge is 0.496 e. The van der Waals surface area contributed by atoms with Gasteiger partial charge in [-0.1, -0.05) is 0 Å². The van der Waals surface area contributed by atoms with E-state index in [-0.39, 0.29) is 16.9 Å². The smallest absolute Gasteiger partial charge is 0.240 e. The molecule has 25 heavy (non-hydrogen) atoms. The molecule has 134 valence electrons. The quantitative estimate of drug-likeness (QED) is 0.850. The summed E-state index contributed by atoms with van der Waals surface area (Å²) in [5.41, 5.74) is 1.90. The molecule has 0 bridgehead atoms. The Morgan fingerprint density at radius 3 is 2.68 bits per heavy atom. The van der Waals surface area contributed by atoms with E-state index in [1.54, 1.807) is 37.7 Å². The van der Waals surface area contributed by atoms with Gasteiger partial charge in [-0.25, -0.2) is 13.1 Å². The van der Waals surface area contributed by atoms with Crippen molar-refractivity contribution in [2.45, 2.75) is 24.3 Å². The average molecular weight is 362 g/mol. The van der Waals surface area contributed by atoms with Gasteiger partial charge in [0.1, 0.15) is 5.75 Å². The fraction of sp³-hybridized carbons (Fsp3) is 0.389. The molecule has 7 heteroatoms. The highest BCUT2D eigenvalue weighted by Gasteiger charge is 2.32. The van der Waals surface area contributed by atoms with Gasteiger partial charge < -0.3 is 9.47 Å². The average Bonchev–Trinajstić information content (AvgIpc) is 3.02. The highest BCUT2D eigenvalue weighted by atomic mass is 32.2. The minimum Gasteiger partial charge on any atom is -0.496 e. The van der Waals surface area contributed by atoms with E-state index in [9.17, 15) is 8.42 Å². The molecule has 2 atom stereocenters. The summed E-state index contributed by atoms with van der Waals surface area (Å²) in [5, 5.41) is 0. The van der Waals surface area contributed by atoms with Gasteiger partial charge >= 0.3 is 0 Å². The fourth-order valence-electron chi connectivity index (χ4n) is 3.04. The Morgan fingerprint density at radius 1 is 1.24 bits per heavy atom. The molecule has 1 saturated heterocycles. The lowest BCUT2D eigenvalue weighted by atomic mass is 9.96. The highest BCUT2D eigenvalue weighted by Crippen LogP contribution is 2.24. The molecule has 2 aromatic rings. The van der Waals surface area contributed by atoms with Crippen molar-refractivity contribution >= 4 is 10.0 Å². The number of aryl methyl sites for hydroxylation is 1. The molecule has 1 N–H and O–H groups in total. The van der Waals surface area contributed by atoms with Crippen molar-refractivity contribution in [3.05, 3.63) is 53.9 Å². The lowest BCUT2D eigenvalue weighted by molar-refractivity contribution is 0.183. The van der Waals surface area contributed by atoms with Crippen molar-refractivity contribution in [2.24, 2.45) is 5.92 Å². The van der Waals surface area contributed by atoms with Crippen LogP contribution in [0.5, 0.6) is 5.75 Å². The van der Waals surface area contributed by atoms with Gasteiger partial charge in [0, 0.05) is 18.3 Å². The van der Waals surface area contributed by atoms with Crippen LogP contribution in [0.4, 0.5) is 0 Å². The molecule has 1 aliphatic rings. The molecule has 0 spiro atoms. The molecule has 2 unspecified atom stereocenters. The minimum absolute atomic E-state index is 0.0940. The van der Waals surface area contributed by atoms with Crippen molar-refractivity contribution in [2.75, 3.05) is 20.3 Å². The van der Waals surface area contributed by atoms with E-state index >= 15 is 0 Å². The third kappa shape index (κ3) is 4.18. The van der Waals surface area contributed by atoms with Gasteiger partial charge in [-0.3, -0.25) is 4.98 Å². The number of nitrogens with one attached hydrogen (secondary N) is 1. The van der Waals surface area contributed by atoms with E-state index in [0.717, 1.165) is 17.5 Å². The normalized spacial score (nSPS) is 20.6. The predicted molar refractivity (Wildman–Crippen MR) is 94.1 cm³/mol. The molecule has 3 rings (SSSR count). The number of aromatic nitrogens is 1. The Hall–Kier alpha value is -1.96. The Morgan fingerprint density at radius 2 is 2.00 bits per heavy atom. The number of methoxy groups -OCH3 is 1. The molecular weight excluding hydrogens is 340 g/mol. The Labute approximate surface area is 148 Å². The Bertz CT molecular complexity index is 824. The third-order valence-corrected chi connectivity index (χ3v) is 5.92. The molecule has 0 amide bonds. The number of hydrogen-bond acceptors (Lipinski definition) is 5. The first-order chi connectivity index (χ1) is 12.0. The van der Waals surface area contributed by atoms with Crippen molar-refractivity contribution in [1.82, 2.24) is 9.71 Å². The number of benzene rings is 1. The van der Waals surface area contributed by atoms with Crippen LogP contribution in [0, 0.1) is 12.8 Å². The van der Waals surface area contributed by atoms with Gasteiger partial charge in [-0.15, -0.1) is 0 Å². The molecule has 1 aliphatic heterocycles. The van der Waals surface area contributed by atoms with E-state index in [2.05, 4.69) is 9.71 Å². The van der Waals surface area contributed by atoms with Crippen LogP contribution in [0.15, 0.2) is 47.6 Å². The molecule has 2 heterocycles. The monoisotopic (exact) mass is 362 g/mol. The van der Waals surface area contributed by atoms with Crippen LogP contribution in [0.2, 0.25) is 0 Å². The summed E-state index contributed by atoms with van der Waals surface area (Å²) in [6.45, 7) is 2.74. The topological polar surface area (TPSA) is 77.5 Å². The molecule has 0 radical (unpaired) electrons.